The highest BCUT2D eigenvalue weighted by molar-refractivity contribution is 5.87. The first kappa shape index (κ1) is 27.4. The minimum absolute atomic E-state index is 0.00721. The molecule has 37 heavy (non-hydrogen) atoms. The number of carbonyl (C=O) groups excluding carboxylic acids is 1. The maximum absolute atomic E-state index is 13.5. The fourth-order valence-electron chi connectivity index (χ4n) is 5.64. The van der Waals surface area contributed by atoms with Crippen LogP contribution in [0.3, 0.4) is 0 Å². The van der Waals surface area contributed by atoms with Crippen LogP contribution in [0.1, 0.15) is 44.2 Å². The SMILES string of the molecule is COc1ccc(CC(Cc2ccc(OC)cc2)N2C(=O)C(C(C)O)C2C(C)COC2CCCCO2)cc1. The lowest BCUT2D eigenvalue weighted by Crippen LogP contribution is -2.70. The van der Waals surface area contributed by atoms with Crippen molar-refractivity contribution in [3.8, 4) is 11.5 Å². The zero-order valence-electron chi connectivity index (χ0n) is 22.5. The van der Waals surface area contributed by atoms with Gasteiger partial charge in [0.25, 0.3) is 0 Å². The second kappa shape index (κ2) is 12.8. The number of β-lactam (4-membered cyclic amide) rings is 1. The van der Waals surface area contributed by atoms with Crippen molar-refractivity contribution in [2.24, 2.45) is 11.8 Å². The van der Waals surface area contributed by atoms with Crippen molar-refractivity contribution >= 4 is 5.91 Å². The van der Waals surface area contributed by atoms with E-state index in [4.69, 9.17) is 18.9 Å². The summed E-state index contributed by atoms with van der Waals surface area (Å²) >= 11 is 0. The van der Waals surface area contributed by atoms with Crippen molar-refractivity contribution in [3.05, 3.63) is 59.7 Å². The summed E-state index contributed by atoms with van der Waals surface area (Å²) in [6.07, 6.45) is 3.58. The normalized spacial score (nSPS) is 23.5. The summed E-state index contributed by atoms with van der Waals surface area (Å²) < 4.78 is 22.5. The Bertz CT molecular complexity index is 937. The summed E-state index contributed by atoms with van der Waals surface area (Å²) in [7, 11) is 3.31. The molecule has 2 aromatic rings. The van der Waals surface area contributed by atoms with Crippen LogP contribution < -0.4 is 9.47 Å². The lowest BCUT2D eigenvalue weighted by Gasteiger charge is -2.54. The third-order valence-electron chi connectivity index (χ3n) is 7.67. The predicted octanol–water partition coefficient (Wildman–Crippen LogP) is 4.24. The molecule has 202 valence electrons. The molecule has 0 bridgehead atoms. The molecule has 2 fully saturated rings. The largest absolute Gasteiger partial charge is 0.497 e. The van der Waals surface area contributed by atoms with Gasteiger partial charge in [-0.05, 0) is 74.4 Å². The fraction of sp³-hybridized carbons (Fsp3) is 0.567. The molecule has 0 saturated carbocycles. The molecule has 5 unspecified atom stereocenters. The van der Waals surface area contributed by atoms with Gasteiger partial charge in [0.2, 0.25) is 5.91 Å². The third kappa shape index (κ3) is 6.64. The number of hydrogen-bond donors (Lipinski definition) is 1. The van der Waals surface area contributed by atoms with Gasteiger partial charge in [-0.15, -0.1) is 0 Å². The molecule has 0 aliphatic carbocycles. The Morgan fingerprint density at radius 2 is 1.51 bits per heavy atom. The number of amides is 1. The van der Waals surface area contributed by atoms with Crippen molar-refractivity contribution in [1.29, 1.82) is 0 Å². The van der Waals surface area contributed by atoms with Crippen molar-refractivity contribution in [3.63, 3.8) is 0 Å². The van der Waals surface area contributed by atoms with Gasteiger partial charge < -0.3 is 29.0 Å². The van der Waals surface area contributed by atoms with Gasteiger partial charge in [-0.25, -0.2) is 0 Å². The van der Waals surface area contributed by atoms with E-state index in [1.165, 1.54) is 0 Å². The Morgan fingerprint density at radius 3 is 1.97 bits per heavy atom. The van der Waals surface area contributed by atoms with Crippen LogP contribution >= 0.6 is 0 Å². The van der Waals surface area contributed by atoms with Gasteiger partial charge in [-0.3, -0.25) is 4.79 Å². The number of aliphatic hydroxyl groups excluding tert-OH is 1. The quantitative estimate of drug-likeness (QED) is 0.430. The molecular weight excluding hydrogens is 470 g/mol. The van der Waals surface area contributed by atoms with Crippen LogP contribution in [-0.2, 0) is 27.1 Å². The molecular formula is C30H41NO6. The molecule has 2 saturated heterocycles. The van der Waals surface area contributed by atoms with Gasteiger partial charge >= 0.3 is 0 Å². The summed E-state index contributed by atoms with van der Waals surface area (Å²) in [4.78, 5) is 15.5. The molecule has 5 atom stereocenters. The zero-order valence-corrected chi connectivity index (χ0v) is 22.5. The van der Waals surface area contributed by atoms with E-state index < -0.39 is 12.0 Å². The van der Waals surface area contributed by atoms with Crippen LogP contribution in [0.5, 0.6) is 11.5 Å². The molecule has 2 aliphatic rings. The first-order chi connectivity index (χ1) is 17.9. The molecule has 0 aromatic heterocycles. The van der Waals surface area contributed by atoms with Crippen LogP contribution in [0.15, 0.2) is 48.5 Å². The minimum atomic E-state index is -0.718. The van der Waals surface area contributed by atoms with E-state index in [0.29, 0.717) is 19.4 Å². The van der Waals surface area contributed by atoms with Gasteiger partial charge in [0.15, 0.2) is 6.29 Å². The Morgan fingerprint density at radius 1 is 0.946 bits per heavy atom. The van der Waals surface area contributed by atoms with Crippen LogP contribution in [0, 0.1) is 11.8 Å². The van der Waals surface area contributed by atoms with E-state index in [0.717, 1.165) is 48.5 Å². The number of aliphatic hydroxyl groups is 1. The van der Waals surface area contributed by atoms with Crippen molar-refractivity contribution < 1.29 is 28.8 Å². The minimum Gasteiger partial charge on any atom is -0.497 e. The van der Waals surface area contributed by atoms with E-state index in [-0.39, 0.29) is 30.2 Å². The van der Waals surface area contributed by atoms with Crippen molar-refractivity contribution in [2.45, 2.75) is 70.4 Å². The topological polar surface area (TPSA) is 77.5 Å². The third-order valence-corrected chi connectivity index (χ3v) is 7.67. The Labute approximate surface area is 220 Å². The highest BCUT2D eigenvalue weighted by atomic mass is 16.7. The molecule has 2 heterocycles. The van der Waals surface area contributed by atoms with Crippen LogP contribution in [0.25, 0.3) is 0 Å². The van der Waals surface area contributed by atoms with Gasteiger partial charge in [-0.2, -0.15) is 0 Å². The maximum atomic E-state index is 13.5. The highest BCUT2D eigenvalue weighted by Gasteiger charge is 2.54. The maximum Gasteiger partial charge on any atom is 0.230 e. The average Bonchev–Trinajstić information content (AvgIpc) is 2.91. The molecule has 0 radical (unpaired) electrons. The van der Waals surface area contributed by atoms with Gasteiger partial charge in [0.1, 0.15) is 11.5 Å². The molecule has 1 amide bonds. The first-order valence-electron chi connectivity index (χ1n) is 13.4. The summed E-state index contributed by atoms with van der Waals surface area (Å²) in [5.74, 6) is 1.24. The molecule has 7 heteroatoms. The Balaban J connectivity index is 1.56. The number of hydrogen-bond acceptors (Lipinski definition) is 6. The average molecular weight is 512 g/mol. The molecule has 1 N–H and O–H groups in total. The Kier molecular flexibility index (Phi) is 9.46. The first-order valence-corrected chi connectivity index (χ1v) is 13.4. The van der Waals surface area contributed by atoms with Crippen LogP contribution in [-0.4, -0.2) is 67.8 Å². The van der Waals surface area contributed by atoms with E-state index in [1.807, 2.05) is 29.2 Å². The highest BCUT2D eigenvalue weighted by Crippen LogP contribution is 2.39. The van der Waals surface area contributed by atoms with Gasteiger partial charge in [0.05, 0.1) is 38.9 Å². The van der Waals surface area contributed by atoms with Gasteiger partial charge in [-0.1, -0.05) is 31.2 Å². The summed E-state index contributed by atoms with van der Waals surface area (Å²) in [6, 6.07) is 15.8. The summed E-state index contributed by atoms with van der Waals surface area (Å²) in [5.41, 5.74) is 2.26. The fourth-order valence-corrected chi connectivity index (χ4v) is 5.64. The lowest BCUT2D eigenvalue weighted by atomic mass is 9.74. The van der Waals surface area contributed by atoms with E-state index in [1.54, 1.807) is 21.1 Å². The standard InChI is InChI=1S/C30H41NO6/c1-20(19-37-27-7-5-6-16-36-27)29-28(21(2)32)30(33)31(29)24(17-22-8-12-25(34-3)13-9-22)18-23-10-14-26(35-4)15-11-23/h8-15,20-21,24,27-29,32H,5-7,16-19H2,1-4H3. The second-order valence-corrected chi connectivity index (χ2v) is 10.4. The van der Waals surface area contributed by atoms with Gasteiger partial charge in [0, 0.05) is 18.6 Å². The molecule has 2 aliphatic heterocycles. The van der Waals surface area contributed by atoms with E-state index in [9.17, 15) is 9.90 Å². The number of ether oxygens (including phenoxy) is 4. The van der Waals surface area contributed by atoms with Crippen LogP contribution in [0.2, 0.25) is 0 Å². The summed E-state index contributed by atoms with van der Waals surface area (Å²) in [5, 5.41) is 10.5. The van der Waals surface area contributed by atoms with Crippen molar-refractivity contribution in [1.82, 2.24) is 4.90 Å². The summed E-state index contributed by atoms with van der Waals surface area (Å²) in [6.45, 7) is 5.04. The molecule has 7 nitrogen and oxygen atoms in total. The number of likely N-dealkylation sites (tertiary alicyclic amines) is 1. The second-order valence-electron chi connectivity index (χ2n) is 10.4. The lowest BCUT2D eigenvalue weighted by molar-refractivity contribution is -0.190. The molecule has 4 rings (SSSR count). The van der Waals surface area contributed by atoms with E-state index in [2.05, 4.69) is 31.2 Å². The number of carbonyl (C=O) groups is 1. The predicted molar refractivity (Wildman–Crippen MR) is 142 cm³/mol. The van der Waals surface area contributed by atoms with E-state index >= 15 is 0 Å². The molecule has 0 spiro atoms. The smallest absolute Gasteiger partial charge is 0.230 e. The van der Waals surface area contributed by atoms with Crippen molar-refractivity contribution in [2.75, 3.05) is 27.4 Å². The van der Waals surface area contributed by atoms with Crippen LogP contribution in [0.4, 0.5) is 0 Å². The number of rotatable bonds is 12. The number of methoxy groups -OCH3 is 2. The zero-order chi connectivity index (χ0) is 26.4. The number of benzene rings is 2. The monoisotopic (exact) mass is 511 g/mol. The number of nitrogens with zero attached hydrogens (tertiary/aromatic N) is 1. The Hall–Kier alpha value is -2.61. The molecule has 2 aromatic carbocycles.